The van der Waals surface area contributed by atoms with Crippen molar-refractivity contribution in [1.82, 2.24) is 0 Å². The molecule has 0 heterocycles. The van der Waals surface area contributed by atoms with Gasteiger partial charge in [-0.05, 0) is 54.3 Å². The second-order valence-corrected chi connectivity index (χ2v) is 5.54. The Labute approximate surface area is 113 Å². The van der Waals surface area contributed by atoms with Crippen LogP contribution >= 0.6 is 11.8 Å². The Kier molecular flexibility index (Phi) is 4.45. The Morgan fingerprint density at radius 2 is 1.67 bits per heavy atom. The van der Waals surface area contributed by atoms with Crippen LogP contribution in [-0.2, 0) is 13.0 Å². The number of nitrogens with two attached hydrogens (primary N) is 1. The van der Waals surface area contributed by atoms with Crippen molar-refractivity contribution in [3.05, 3.63) is 59.2 Å². The highest BCUT2D eigenvalue weighted by Gasteiger charge is 2.01. The molecule has 0 radical (unpaired) electrons. The quantitative estimate of drug-likeness (QED) is 0.889. The fourth-order valence-corrected chi connectivity index (χ4v) is 2.80. The summed E-state index contributed by atoms with van der Waals surface area (Å²) in [6.07, 6.45) is 1.09. The summed E-state index contributed by atoms with van der Waals surface area (Å²) in [5.74, 6) is 0. The van der Waals surface area contributed by atoms with E-state index < -0.39 is 0 Å². The molecule has 0 amide bonds. The largest absolute Gasteiger partial charge is 0.326 e. The van der Waals surface area contributed by atoms with Crippen molar-refractivity contribution in [2.24, 2.45) is 5.73 Å². The summed E-state index contributed by atoms with van der Waals surface area (Å²) in [4.78, 5) is 2.57. The fraction of sp³-hybridized carbons (Fsp3) is 0.250. The van der Waals surface area contributed by atoms with Gasteiger partial charge in [-0.3, -0.25) is 0 Å². The minimum atomic E-state index is 0.607. The predicted molar refractivity (Wildman–Crippen MR) is 79.0 cm³/mol. The lowest BCUT2D eigenvalue weighted by Crippen LogP contribution is -1.94. The van der Waals surface area contributed by atoms with Gasteiger partial charge in [0.25, 0.3) is 0 Å². The van der Waals surface area contributed by atoms with Crippen LogP contribution in [0.15, 0.2) is 52.3 Å². The molecule has 0 unspecified atom stereocenters. The van der Waals surface area contributed by atoms with E-state index in [9.17, 15) is 0 Å². The lowest BCUT2D eigenvalue weighted by molar-refractivity contribution is 1.06. The third-order valence-corrected chi connectivity index (χ3v) is 4.09. The van der Waals surface area contributed by atoms with Crippen molar-refractivity contribution in [2.75, 3.05) is 0 Å². The van der Waals surface area contributed by atoms with Crippen molar-refractivity contribution in [1.29, 1.82) is 0 Å². The first kappa shape index (κ1) is 13.2. The molecule has 2 N–H and O–H groups in total. The summed E-state index contributed by atoms with van der Waals surface area (Å²) in [5.41, 5.74) is 9.58. The molecule has 2 aromatic carbocycles. The number of hydrogen-bond acceptors (Lipinski definition) is 2. The Morgan fingerprint density at radius 3 is 2.28 bits per heavy atom. The maximum Gasteiger partial charge on any atom is 0.0178 e. The second kappa shape index (κ2) is 6.07. The molecule has 0 saturated carbocycles. The van der Waals surface area contributed by atoms with E-state index in [1.807, 2.05) is 0 Å². The van der Waals surface area contributed by atoms with Crippen LogP contribution in [0.25, 0.3) is 0 Å². The lowest BCUT2D eigenvalue weighted by Gasteiger charge is -2.07. The van der Waals surface area contributed by atoms with Crippen LogP contribution in [0.3, 0.4) is 0 Å². The molecular weight excluding hydrogens is 238 g/mol. The lowest BCUT2D eigenvalue weighted by atomic mass is 10.1. The van der Waals surface area contributed by atoms with Crippen LogP contribution in [0.4, 0.5) is 0 Å². The van der Waals surface area contributed by atoms with E-state index in [4.69, 9.17) is 5.73 Å². The zero-order chi connectivity index (χ0) is 13.0. The molecule has 0 bridgehead atoms. The molecule has 0 aliphatic rings. The van der Waals surface area contributed by atoms with Crippen molar-refractivity contribution >= 4 is 11.8 Å². The number of rotatable bonds is 4. The van der Waals surface area contributed by atoms with Gasteiger partial charge in [0.15, 0.2) is 0 Å². The molecule has 0 fully saturated rings. The molecule has 0 aliphatic carbocycles. The highest BCUT2D eigenvalue weighted by molar-refractivity contribution is 7.99. The van der Waals surface area contributed by atoms with Gasteiger partial charge in [-0.2, -0.15) is 0 Å². The first-order valence-electron chi connectivity index (χ1n) is 6.29. The van der Waals surface area contributed by atoms with Crippen molar-refractivity contribution in [3.8, 4) is 0 Å². The smallest absolute Gasteiger partial charge is 0.0178 e. The van der Waals surface area contributed by atoms with E-state index in [1.54, 1.807) is 11.8 Å². The Balaban J connectivity index is 2.17. The van der Waals surface area contributed by atoms with Gasteiger partial charge in [0.05, 0.1) is 0 Å². The maximum atomic E-state index is 5.60. The number of aryl methyl sites for hydroxylation is 2. The number of hydrogen-bond donors (Lipinski definition) is 1. The minimum Gasteiger partial charge on any atom is -0.326 e. The summed E-state index contributed by atoms with van der Waals surface area (Å²) in [5, 5.41) is 0. The highest BCUT2D eigenvalue weighted by Crippen LogP contribution is 2.29. The average Bonchev–Trinajstić information content (AvgIpc) is 2.42. The van der Waals surface area contributed by atoms with Crippen LogP contribution in [0, 0.1) is 6.92 Å². The summed E-state index contributed by atoms with van der Waals surface area (Å²) in [7, 11) is 0. The summed E-state index contributed by atoms with van der Waals surface area (Å²) in [6, 6.07) is 15.1. The molecular formula is C16H19NS. The molecule has 94 valence electrons. The Hall–Kier alpha value is -1.25. The third kappa shape index (κ3) is 3.15. The molecule has 1 nitrogen and oxygen atoms in total. The highest BCUT2D eigenvalue weighted by atomic mass is 32.2. The molecule has 2 rings (SSSR count). The van der Waals surface area contributed by atoms with Gasteiger partial charge < -0.3 is 5.73 Å². The van der Waals surface area contributed by atoms with E-state index in [1.165, 1.54) is 26.5 Å². The fourth-order valence-electron chi connectivity index (χ4n) is 1.92. The van der Waals surface area contributed by atoms with Crippen molar-refractivity contribution in [3.63, 3.8) is 0 Å². The maximum absolute atomic E-state index is 5.60. The molecule has 0 aliphatic heterocycles. The SMILES string of the molecule is CCc1cc(Sc2ccc(CN)cc2)ccc1C. The van der Waals surface area contributed by atoms with Crippen molar-refractivity contribution < 1.29 is 0 Å². The Morgan fingerprint density at radius 1 is 1.00 bits per heavy atom. The topological polar surface area (TPSA) is 26.0 Å². The van der Waals surface area contributed by atoms with Crippen LogP contribution in [0.5, 0.6) is 0 Å². The van der Waals surface area contributed by atoms with Crippen LogP contribution in [0.2, 0.25) is 0 Å². The van der Waals surface area contributed by atoms with Gasteiger partial charge in [-0.25, -0.2) is 0 Å². The second-order valence-electron chi connectivity index (χ2n) is 4.39. The first-order chi connectivity index (χ1) is 8.72. The molecule has 2 aromatic rings. The average molecular weight is 257 g/mol. The molecule has 2 heteroatoms. The van der Waals surface area contributed by atoms with E-state index in [0.717, 1.165) is 6.42 Å². The van der Waals surface area contributed by atoms with Gasteiger partial charge in [0.1, 0.15) is 0 Å². The van der Waals surface area contributed by atoms with E-state index in [-0.39, 0.29) is 0 Å². The van der Waals surface area contributed by atoms with Gasteiger partial charge >= 0.3 is 0 Å². The molecule has 0 saturated heterocycles. The summed E-state index contributed by atoms with van der Waals surface area (Å²) >= 11 is 1.80. The normalized spacial score (nSPS) is 10.6. The Bertz CT molecular complexity index is 517. The van der Waals surface area contributed by atoms with E-state index in [0.29, 0.717) is 6.54 Å². The van der Waals surface area contributed by atoms with Crippen LogP contribution in [0.1, 0.15) is 23.6 Å². The first-order valence-corrected chi connectivity index (χ1v) is 7.11. The monoisotopic (exact) mass is 257 g/mol. The molecule has 0 spiro atoms. The standard InChI is InChI=1S/C16H19NS/c1-3-14-10-16(7-4-12(14)2)18-15-8-5-13(11-17)6-9-15/h4-10H,3,11,17H2,1-2H3. The third-order valence-electron chi connectivity index (χ3n) is 3.10. The zero-order valence-electron chi connectivity index (χ0n) is 10.9. The molecule has 0 atom stereocenters. The van der Waals surface area contributed by atoms with Gasteiger partial charge in [0.2, 0.25) is 0 Å². The minimum absolute atomic E-state index is 0.607. The van der Waals surface area contributed by atoms with Crippen LogP contribution < -0.4 is 5.73 Å². The van der Waals surface area contributed by atoms with E-state index in [2.05, 4.69) is 56.3 Å². The van der Waals surface area contributed by atoms with Gasteiger partial charge in [-0.15, -0.1) is 0 Å². The summed E-state index contributed by atoms with van der Waals surface area (Å²) < 4.78 is 0. The predicted octanol–water partition coefficient (Wildman–Crippen LogP) is 4.17. The van der Waals surface area contributed by atoms with Gasteiger partial charge in [0, 0.05) is 16.3 Å². The van der Waals surface area contributed by atoms with Gasteiger partial charge in [-0.1, -0.05) is 36.9 Å². The van der Waals surface area contributed by atoms with Crippen molar-refractivity contribution in [2.45, 2.75) is 36.6 Å². The number of benzene rings is 2. The van der Waals surface area contributed by atoms with E-state index >= 15 is 0 Å². The molecule has 0 aromatic heterocycles. The zero-order valence-corrected chi connectivity index (χ0v) is 11.8. The summed E-state index contributed by atoms with van der Waals surface area (Å²) in [6.45, 7) is 4.98. The molecule has 18 heavy (non-hydrogen) atoms. The van der Waals surface area contributed by atoms with Crippen LogP contribution in [-0.4, -0.2) is 0 Å².